The zero-order chi connectivity index (χ0) is 31.8. The van der Waals surface area contributed by atoms with Crippen LogP contribution in [0.4, 0.5) is 37.3 Å². The smallest absolute Gasteiger partial charge is 0.417 e. The molecule has 45 heavy (non-hydrogen) atoms. The van der Waals surface area contributed by atoms with Gasteiger partial charge in [0.15, 0.2) is 10.9 Å². The number of rotatable bonds is 5. The number of hydrogen-bond donors (Lipinski definition) is 2. The maximum absolute atomic E-state index is 16.8. The van der Waals surface area contributed by atoms with Crippen LogP contribution in [0.3, 0.4) is 0 Å². The van der Waals surface area contributed by atoms with Gasteiger partial charge in [0, 0.05) is 54.7 Å². The number of thiazole rings is 1. The molecule has 15 heteroatoms. The van der Waals surface area contributed by atoms with Gasteiger partial charge in [-0.05, 0) is 51.4 Å². The number of piperazine rings is 1. The number of nitrogens with two attached hydrogens (primary N) is 1. The van der Waals surface area contributed by atoms with E-state index in [1.54, 1.807) is 4.90 Å². The lowest BCUT2D eigenvalue weighted by atomic mass is 9.94. The number of aromatic nitrogens is 3. The zero-order valence-corrected chi connectivity index (χ0v) is 25.3. The minimum atomic E-state index is -5.00. The minimum Gasteiger partial charge on any atom is -0.461 e. The van der Waals surface area contributed by atoms with Gasteiger partial charge < -0.3 is 20.7 Å². The number of anilines is 2. The highest BCUT2D eigenvalue weighted by molar-refractivity contribution is 7.22. The maximum Gasteiger partial charge on any atom is 0.417 e. The number of nitrogen functional groups attached to an aromatic ring is 1. The molecule has 4 aromatic rings. The summed E-state index contributed by atoms with van der Waals surface area (Å²) in [5, 5.41) is 3.16. The van der Waals surface area contributed by atoms with Crippen molar-refractivity contribution >= 4 is 43.4 Å². The number of halogens is 6. The molecule has 0 bridgehead atoms. The lowest BCUT2D eigenvalue weighted by Gasteiger charge is -2.37. The zero-order valence-electron chi connectivity index (χ0n) is 24.5. The summed E-state index contributed by atoms with van der Waals surface area (Å²) in [6.45, 7) is 5.73. The topological polar surface area (TPSA) is 92.4 Å². The average molecular weight is 652 g/mol. The van der Waals surface area contributed by atoms with E-state index in [9.17, 15) is 22.0 Å². The first kappa shape index (κ1) is 30.2. The van der Waals surface area contributed by atoms with Crippen LogP contribution >= 0.6 is 11.3 Å². The normalized spacial score (nSPS) is 25.9. The van der Waals surface area contributed by atoms with E-state index in [1.165, 1.54) is 0 Å². The number of ether oxygens (including phenoxy) is 1. The lowest BCUT2D eigenvalue weighted by molar-refractivity contribution is -0.137. The second kappa shape index (κ2) is 10.8. The summed E-state index contributed by atoms with van der Waals surface area (Å²) in [5.41, 5.74) is 2.31. The van der Waals surface area contributed by atoms with Crippen LogP contribution in [-0.2, 0) is 6.18 Å². The fraction of sp³-hybridized carbons (Fsp3) is 0.500. The second-order valence-corrected chi connectivity index (χ2v) is 13.4. The van der Waals surface area contributed by atoms with Crippen LogP contribution in [-0.4, -0.2) is 76.4 Å². The van der Waals surface area contributed by atoms with Crippen LogP contribution in [0.5, 0.6) is 6.01 Å². The Bertz CT molecular complexity index is 1790. The molecule has 7 rings (SSSR count). The molecule has 3 N–H and O–H groups in total. The molecule has 5 heterocycles. The predicted molar refractivity (Wildman–Crippen MR) is 160 cm³/mol. The van der Waals surface area contributed by atoms with Crippen molar-refractivity contribution in [1.29, 1.82) is 0 Å². The van der Waals surface area contributed by atoms with Crippen molar-refractivity contribution in [3.8, 4) is 17.1 Å². The van der Waals surface area contributed by atoms with Gasteiger partial charge in [0.25, 0.3) is 0 Å². The SMILES string of the molecule is C[C@@H]1CN(c2nc(OC[C@@]34CCCN3C[C@@H](F)C4)nc3c(F)c(-c4ccc(F)c5sc(N)nc45)c(C(F)(F)F)cc23)C[C@H](C)N1. The van der Waals surface area contributed by atoms with Gasteiger partial charge in [0.1, 0.15) is 29.9 Å². The van der Waals surface area contributed by atoms with Gasteiger partial charge in [-0.1, -0.05) is 11.3 Å². The molecule has 0 spiro atoms. The summed E-state index contributed by atoms with van der Waals surface area (Å²) in [6, 6.07) is 2.58. The highest BCUT2D eigenvalue weighted by atomic mass is 32.1. The van der Waals surface area contributed by atoms with E-state index in [4.69, 9.17) is 10.5 Å². The number of alkyl halides is 4. The second-order valence-electron chi connectivity index (χ2n) is 12.4. The molecule has 0 radical (unpaired) electrons. The molecule has 0 unspecified atom stereocenters. The Labute approximate surface area is 258 Å². The summed E-state index contributed by atoms with van der Waals surface area (Å²) in [5.74, 6) is -1.90. The number of fused-ring (bicyclic) bond motifs is 3. The van der Waals surface area contributed by atoms with Gasteiger partial charge in [-0.15, -0.1) is 0 Å². The summed E-state index contributed by atoms with van der Waals surface area (Å²) >= 11 is 0.759. The van der Waals surface area contributed by atoms with E-state index in [0.29, 0.717) is 26.1 Å². The van der Waals surface area contributed by atoms with Crippen LogP contribution in [0.1, 0.15) is 38.7 Å². The molecule has 8 nitrogen and oxygen atoms in total. The Kier molecular flexibility index (Phi) is 7.28. The van der Waals surface area contributed by atoms with Crippen molar-refractivity contribution in [2.24, 2.45) is 0 Å². The minimum absolute atomic E-state index is 0.0390. The summed E-state index contributed by atoms with van der Waals surface area (Å²) in [6.07, 6.45) is -4.13. The number of nitrogens with one attached hydrogen (secondary N) is 1. The first-order valence-corrected chi connectivity index (χ1v) is 15.6. The van der Waals surface area contributed by atoms with E-state index in [2.05, 4.69) is 20.3 Å². The van der Waals surface area contributed by atoms with E-state index in [-0.39, 0.29) is 68.8 Å². The predicted octanol–water partition coefficient (Wildman–Crippen LogP) is 5.93. The first-order chi connectivity index (χ1) is 21.3. The van der Waals surface area contributed by atoms with Crippen LogP contribution < -0.4 is 20.7 Å². The molecular formula is C30H31F6N7OS. The lowest BCUT2D eigenvalue weighted by Crippen LogP contribution is -2.54. The quantitative estimate of drug-likeness (QED) is 0.257. The third-order valence-electron chi connectivity index (χ3n) is 9.07. The van der Waals surface area contributed by atoms with Gasteiger partial charge >= 0.3 is 12.2 Å². The van der Waals surface area contributed by atoms with E-state index in [1.807, 2.05) is 18.7 Å². The Morgan fingerprint density at radius 2 is 1.84 bits per heavy atom. The molecule has 0 saturated carbocycles. The van der Waals surface area contributed by atoms with E-state index >= 15 is 4.39 Å². The Balaban J connectivity index is 1.43. The summed E-state index contributed by atoms with van der Waals surface area (Å²) in [7, 11) is 0. The van der Waals surface area contributed by atoms with Crippen LogP contribution in [0.25, 0.3) is 32.2 Å². The standard InChI is InChI=1S/C30H31F6N7OS/c1-14-10-42(11-15(2)38-14)26-18-8-19(30(34,35)36)21(17-4-5-20(32)25-24(17)39-27(37)45-25)22(33)23(18)40-28(41-26)44-13-29-6-3-7-43(29)12-16(31)9-29/h4-5,8,14-16,38H,3,6-7,9-13H2,1-2H3,(H2,37,39)/t14-,15+,16-,29-/m0/s1. The van der Waals surface area contributed by atoms with Crippen molar-refractivity contribution in [2.75, 3.05) is 43.4 Å². The molecule has 0 amide bonds. The fourth-order valence-electron chi connectivity index (χ4n) is 7.32. The summed E-state index contributed by atoms with van der Waals surface area (Å²) in [4.78, 5) is 16.8. The average Bonchev–Trinajstić information content (AvgIpc) is 3.63. The van der Waals surface area contributed by atoms with Crippen molar-refractivity contribution in [1.82, 2.24) is 25.2 Å². The number of nitrogens with zero attached hydrogens (tertiary/aromatic N) is 5. The summed E-state index contributed by atoms with van der Waals surface area (Å²) < 4.78 is 96.0. The molecular weight excluding hydrogens is 620 g/mol. The molecule has 3 fully saturated rings. The van der Waals surface area contributed by atoms with Crippen molar-refractivity contribution in [3.63, 3.8) is 0 Å². The number of benzene rings is 2. The largest absolute Gasteiger partial charge is 0.461 e. The molecule has 3 aliphatic heterocycles. The van der Waals surface area contributed by atoms with Crippen molar-refractivity contribution in [3.05, 3.63) is 35.4 Å². The van der Waals surface area contributed by atoms with Crippen molar-refractivity contribution in [2.45, 2.75) is 63.1 Å². The van der Waals surface area contributed by atoms with Gasteiger partial charge in [-0.2, -0.15) is 23.1 Å². The van der Waals surface area contributed by atoms with Crippen LogP contribution in [0.2, 0.25) is 0 Å². The highest BCUT2D eigenvalue weighted by Crippen LogP contribution is 2.46. The Hall–Kier alpha value is -3.43. The Morgan fingerprint density at radius 3 is 2.58 bits per heavy atom. The Morgan fingerprint density at radius 1 is 1.09 bits per heavy atom. The van der Waals surface area contributed by atoms with Crippen molar-refractivity contribution < 1.29 is 31.1 Å². The van der Waals surface area contributed by atoms with E-state index < -0.39 is 40.6 Å². The third-order valence-corrected chi connectivity index (χ3v) is 9.96. The molecule has 3 aliphatic rings. The van der Waals surface area contributed by atoms with Gasteiger partial charge in [-0.3, -0.25) is 4.90 Å². The van der Waals surface area contributed by atoms with E-state index in [0.717, 1.165) is 42.5 Å². The maximum atomic E-state index is 16.8. The third kappa shape index (κ3) is 5.22. The molecule has 3 saturated heterocycles. The highest BCUT2D eigenvalue weighted by Gasteiger charge is 2.49. The molecule has 2 aromatic carbocycles. The monoisotopic (exact) mass is 651 g/mol. The molecule has 0 aliphatic carbocycles. The van der Waals surface area contributed by atoms with Crippen LogP contribution in [0, 0.1) is 11.6 Å². The number of hydrogen-bond acceptors (Lipinski definition) is 9. The molecule has 4 atom stereocenters. The van der Waals surface area contributed by atoms with Gasteiger partial charge in [0.05, 0.1) is 21.3 Å². The van der Waals surface area contributed by atoms with Gasteiger partial charge in [0.2, 0.25) is 0 Å². The molecule has 240 valence electrons. The van der Waals surface area contributed by atoms with Gasteiger partial charge in [-0.25, -0.2) is 18.2 Å². The fourth-order valence-corrected chi connectivity index (χ4v) is 8.09. The molecule has 2 aromatic heterocycles. The first-order valence-electron chi connectivity index (χ1n) is 14.8. The van der Waals surface area contributed by atoms with Crippen LogP contribution in [0.15, 0.2) is 18.2 Å².